The summed E-state index contributed by atoms with van der Waals surface area (Å²) in [6, 6.07) is 2.47. The van der Waals surface area contributed by atoms with Crippen molar-refractivity contribution >= 4 is 28.5 Å². The van der Waals surface area contributed by atoms with Crippen molar-refractivity contribution in [3.05, 3.63) is 22.6 Å². The molecule has 3 atom stereocenters. The van der Waals surface area contributed by atoms with Crippen molar-refractivity contribution in [2.45, 2.75) is 37.5 Å². The summed E-state index contributed by atoms with van der Waals surface area (Å²) in [7, 11) is 4.91. The van der Waals surface area contributed by atoms with Gasteiger partial charge in [-0.1, -0.05) is 0 Å². The Morgan fingerprint density at radius 2 is 2.00 bits per heavy atom. The Balaban J connectivity index is 1.86. The van der Waals surface area contributed by atoms with Gasteiger partial charge in [0.2, 0.25) is 11.8 Å². The first-order valence-corrected chi connectivity index (χ1v) is 10.0. The zero-order valence-corrected chi connectivity index (χ0v) is 17.3. The number of rotatable bonds is 4. The Morgan fingerprint density at radius 3 is 2.63 bits per heavy atom. The van der Waals surface area contributed by atoms with E-state index >= 15 is 0 Å². The van der Waals surface area contributed by atoms with Crippen LogP contribution in [0.25, 0.3) is 11.0 Å². The van der Waals surface area contributed by atoms with Gasteiger partial charge >= 0.3 is 5.69 Å². The van der Waals surface area contributed by atoms with Gasteiger partial charge < -0.3 is 15.0 Å². The average Bonchev–Trinajstić information content (AvgIpc) is 2.98. The van der Waals surface area contributed by atoms with Crippen LogP contribution in [0.5, 0.6) is 5.75 Å². The summed E-state index contributed by atoms with van der Waals surface area (Å²) in [6.07, 6.45) is -0.0361. The number of imidazole rings is 1. The lowest BCUT2D eigenvalue weighted by Crippen LogP contribution is -2.50. The number of nitrogens with one attached hydrogen (secondary N) is 2. The summed E-state index contributed by atoms with van der Waals surface area (Å²) >= 11 is 0. The van der Waals surface area contributed by atoms with E-state index in [1.807, 2.05) is 4.90 Å². The van der Waals surface area contributed by atoms with Crippen molar-refractivity contribution in [2.75, 3.05) is 32.1 Å². The van der Waals surface area contributed by atoms with Crippen molar-refractivity contribution < 1.29 is 18.7 Å². The fraction of sp³-hybridized carbons (Fsp3) is 0.550. The predicted molar refractivity (Wildman–Crippen MR) is 110 cm³/mol. The fourth-order valence-corrected chi connectivity index (χ4v) is 4.57. The molecule has 1 aromatic heterocycles. The Kier molecular flexibility index (Phi) is 5.27. The summed E-state index contributed by atoms with van der Waals surface area (Å²) in [4.78, 5) is 39.0. The summed E-state index contributed by atoms with van der Waals surface area (Å²) in [5, 5.41) is 5.31. The minimum absolute atomic E-state index is 0.165. The predicted octanol–water partition coefficient (Wildman–Crippen LogP) is 0.463. The molecule has 0 bridgehead atoms. The molecule has 4 rings (SSSR count). The van der Waals surface area contributed by atoms with Crippen LogP contribution in [-0.4, -0.2) is 60.4 Å². The van der Waals surface area contributed by atoms with E-state index in [2.05, 4.69) is 10.6 Å². The first kappa shape index (κ1) is 20.4. The highest BCUT2D eigenvalue weighted by Gasteiger charge is 2.34. The van der Waals surface area contributed by atoms with E-state index in [0.717, 1.165) is 0 Å². The fourth-order valence-electron chi connectivity index (χ4n) is 4.57. The molecule has 0 radical (unpaired) electrons. The number of hydrogen-bond donors (Lipinski definition) is 2. The van der Waals surface area contributed by atoms with Crippen LogP contribution in [0.3, 0.4) is 0 Å². The minimum atomic E-state index is -1.07. The second kappa shape index (κ2) is 7.75. The van der Waals surface area contributed by atoms with Crippen LogP contribution < -0.4 is 26.0 Å². The first-order chi connectivity index (χ1) is 14.4. The number of benzene rings is 1. The third-order valence-corrected chi connectivity index (χ3v) is 6.15. The van der Waals surface area contributed by atoms with Gasteiger partial charge in [-0.05, 0) is 32.0 Å². The largest absolute Gasteiger partial charge is 0.494 e. The molecule has 2 aliphatic heterocycles. The van der Waals surface area contributed by atoms with E-state index < -0.39 is 18.1 Å². The second-order valence-corrected chi connectivity index (χ2v) is 7.81. The number of hydrogen-bond acceptors (Lipinski definition) is 6. The SMILES string of the molecule is CNC1CCN(c2c(OC)ccc3c2n(C)c(=O)n3C2CCC(=O)NC2=O)CC1F. The molecular weight excluding hydrogens is 393 g/mol. The highest BCUT2D eigenvalue weighted by molar-refractivity contribution is 6.01. The molecule has 3 unspecified atom stereocenters. The lowest BCUT2D eigenvalue weighted by Gasteiger charge is -2.36. The number of piperidine rings is 2. The number of amides is 2. The zero-order chi connectivity index (χ0) is 21.6. The molecule has 3 heterocycles. The number of imide groups is 1. The topological polar surface area (TPSA) is 97.6 Å². The lowest BCUT2D eigenvalue weighted by atomic mass is 10.0. The smallest absolute Gasteiger partial charge is 0.329 e. The number of methoxy groups -OCH3 is 1. The Hall–Kier alpha value is -2.88. The number of aromatic nitrogens is 2. The van der Waals surface area contributed by atoms with Crippen LogP contribution in [0.2, 0.25) is 0 Å². The van der Waals surface area contributed by atoms with Gasteiger partial charge in [-0.15, -0.1) is 0 Å². The van der Waals surface area contributed by atoms with Crippen LogP contribution in [0.1, 0.15) is 25.3 Å². The monoisotopic (exact) mass is 419 g/mol. The molecule has 0 aliphatic carbocycles. The summed E-state index contributed by atoms with van der Waals surface area (Å²) < 4.78 is 23.1. The highest BCUT2D eigenvalue weighted by atomic mass is 19.1. The van der Waals surface area contributed by atoms with Crippen molar-refractivity contribution in [1.82, 2.24) is 19.8 Å². The molecule has 9 nitrogen and oxygen atoms in total. The van der Waals surface area contributed by atoms with E-state index in [-0.39, 0.29) is 37.0 Å². The van der Waals surface area contributed by atoms with E-state index in [0.29, 0.717) is 35.4 Å². The van der Waals surface area contributed by atoms with Gasteiger partial charge in [-0.2, -0.15) is 0 Å². The van der Waals surface area contributed by atoms with Gasteiger partial charge in [-0.25, -0.2) is 9.18 Å². The number of carbonyl (C=O) groups excluding carboxylic acids is 2. The molecule has 2 aliphatic rings. The summed E-state index contributed by atoms with van der Waals surface area (Å²) in [5.74, 6) is -0.293. The molecule has 10 heteroatoms. The molecule has 162 valence electrons. The number of fused-ring (bicyclic) bond motifs is 1. The number of halogens is 1. The number of anilines is 1. The van der Waals surface area contributed by atoms with Gasteiger partial charge in [0.1, 0.15) is 23.7 Å². The number of alkyl halides is 1. The van der Waals surface area contributed by atoms with E-state index in [1.54, 1.807) is 26.2 Å². The van der Waals surface area contributed by atoms with E-state index in [4.69, 9.17) is 4.74 Å². The third kappa shape index (κ3) is 3.15. The van der Waals surface area contributed by atoms with Gasteiger partial charge in [0.25, 0.3) is 0 Å². The third-order valence-electron chi connectivity index (χ3n) is 6.15. The average molecular weight is 419 g/mol. The Labute approximate surface area is 172 Å². The minimum Gasteiger partial charge on any atom is -0.494 e. The van der Waals surface area contributed by atoms with Gasteiger partial charge in [-0.3, -0.25) is 24.0 Å². The molecule has 0 saturated carbocycles. The summed E-state index contributed by atoms with van der Waals surface area (Å²) in [5.41, 5.74) is 1.41. The maximum Gasteiger partial charge on any atom is 0.329 e. The van der Waals surface area contributed by atoms with Crippen molar-refractivity contribution in [3.8, 4) is 5.75 Å². The molecule has 2 saturated heterocycles. The molecule has 2 fully saturated rings. The van der Waals surface area contributed by atoms with Gasteiger partial charge in [0.05, 0.1) is 24.7 Å². The zero-order valence-electron chi connectivity index (χ0n) is 17.3. The maximum absolute atomic E-state index is 14.7. The van der Waals surface area contributed by atoms with Crippen molar-refractivity contribution in [3.63, 3.8) is 0 Å². The standard InChI is InChI=1S/C20H26FN5O4/c1-22-12-8-9-25(10-11(12)21)18-15(30-3)6-4-13-17(18)24(2)20(29)26(13)14-5-7-16(27)23-19(14)28/h4,6,11-12,14,22H,5,7-10H2,1-3H3,(H,23,27,28). The highest BCUT2D eigenvalue weighted by Crippen LogP contribution is 2.38. The molecule has 1 aromatic carbocycles. The van der Waals surface area contributed by atoms with Crippen LogP contribution >= 0.6 is 0 Å². The van der Waals surface area contributed by atoms with Crippen LogP contribution in [0.4, 0.5) is 10.1 Å². The lowest BCUT2D eigenvalue weighted by molar-refractivity contribution is -0.135. The Bertz CT molecular complexity index is 1060. The molecule has 2 aromatic rings. The number of carbonyl (C=O) groups is 2. The summed E-state index contributed by atoms with van der Waals surface area (Å²) in [6.45, 7) is 0.762. The molecule has 30 heavy (non-hydrogen) atoms. The maximum atomic E-state index is 14.7. The number of ether oxygens (including phenoxy) is 1. The Morgan fingerprint density at radius 1 is 1.23 bits per heavy atom. The van der Waals surface area contributed by atoms with Gasteiger partial charge in [0, 0.05) is 26.1 Å². The van der Waals surface area contributed by atoms with Crippen LogP contribution in [0.15, 0.2) is 16.9 Å². The van der Waals surface area contributed by atoms with Gasteiger partial charge in [0.15, 0.2) is 0 Å². The van der Waals surface area contributed by atoms with E-state index in [9.17, 15) is 18.8 Å². The number of aryl methyl sites for hydroxylation is 1. The quantitative estimate of drug-likeness (QED) is 0.699. The molecule has 2 N–H and O–H groups in total. The molecular formula is C20H26FN5O4. The van der Waals surface area contributed by atoms with E-state index in [1.165, 1.54) is 16.2 Å². The van der Waals surface area contributed by atoms with Crippen molar-refractivity contribution in [1.29, 1.82) is 0 Å². The second-order valence-electron chi connectivity index (χ2n) is 7.81. The normalized spacial score (nSPS) is 24.9. The van der Waals surface area contributed by atoms with Crippen LogP contribution in [-0.2, 0) is 16.6 Å². The molecule has 0 spiro atoms. The van der Waals surface area contributed by atoms with Crippen molar-refractivity contribution in [2.24, 2.45) is 7.05 Å². The molecule has 2 amide bonds. The van der Waals surface area contributed by atoms with Crippen LogP contribution in [0, 0.1) is 0 Å². The first-order valence-electron chi connectivity index (χ1n) is 10.0. The number of nitrogens with zero attached hydrogens (tertiary/aromatic N) is 3.